The number of carbonyl (C=O) groups excluding carboxylic acids is 2. The number of nitrogens with zero attached hydrogens (tertiary/aromatic N) is 2. The first-order valence-corrected chi connectivity index (χ1v) is 9.58. The van der Waals surface area contributed by atoms with Gasteiger partial charge in [0.1, 0.15) is 11.0 Å². The number of urea groups is 1. The molecule has 1 aromatic heterocycles. The molecule has 0 bridgehead atoms. The van der Waals surface area contributed by atoms with Crippen molar-refractivity contribution >= 4 is 40.0 Å². The topological polar surface area (TPSA) is 96.0 Å². The number of benzene rings is 1. The molecule has 7 nitrogen and oxygen atoms in total. The Morgan fingerprint density at radius 1 is 1.27 bits per heavy atom. The van der Waals surface area contributed by atoms with Gasteiger partial charge in [0, 0.05) is 17.1 Å². The van der Waals surface area contributed by atoms with Gasteiger partial charge < -0.3 is 10.6 Å². The minimum absolute atomic E-state index is 0.0297. The summed E-state index contributed by atoms with van der Waals surface area (Å²) >= 11 is 7.24. The van der Waals surface area contributed by atoms with Crippen LogP contribution in [0, 0.1) is 5.92 Å². The van der Waals surface area contributed by atoms with Crippen molar-refractivity contribution in [2.24, 2.45) is 5.92 Å². The maximum Gasteiger partial charge on any atom is 0.315 e. The van der Waals surface area contributed by atoms with E-state index in [2.05, 4.69) is 26.1 Å². The van der Waals surface area contributed by atoms with Crippen LogP contribution in [-0.2, 0) is 4.79 Å². The lowest BCUT2D eigenvalue weighted by Gasteiger charge is -2.22. The third-order valence-corrected chi connectivity index (χ3v) is 4.97. The number of hydrogen-bond acceptors (Lipinski definition) is 5. The zero-order valence-electron chi connectivity index (χ0n) is 14.9. The summed E-state index contributed by atoms with van der Waals surface area (Å²) in [6.07, 6.45) is 0.744. The summed E-state index contributed by atoms with van der Waals surface area (Å²) in [4.78, 5) is 24.4. The fourth-order valence-corrected chi connectivity index (χ4v) is 3.18. The van der Waals surface area contributed by atoms with Crippen molar-refractivity contribution in [3.8, 4) is 10.6 Å². The fourth-order valence-electron chi connectivity index (χ4n) is 2.25. The number of hydrogen-bond donors (Lipinski definition) is 3. The maximum atomic E-state index is 12.6. The molecule has 26 heavy (non-hydrogen) atoms. The van der Waals surface area contributed by atoms with Crippen molar-refractivity contribution in [1.29, 1.82) is 0 Å². The Hall–Kier alpha value is -2.19. The molecule has 140 valence electrons. The van der Waals surface area contributed by atoms with Gasteiger partial charge in [0.05, 0.1) is 0 Å². The van der Waals surface area contributed by atoms with Crippen LogP contribution in [0.3, 0.4) is 0 Å². The minimum atomic E-state index is -0.662. The first-order chi connectivity index (χ1) is 12.4. The second-order valence-corrected chi connectivity index (χ2v) is 7.19. The van der Waals surface area contributed by atoms with Gasteiger partial charge in [-0.1, -0.05) is 55.3 Å². The van der Waals surface area contributed by atoms with Gasteiger partial charge in [-0.3, -0.25) is 10.1 Å². The summed E-state index contributed by atoms with van der Waals surface area (Å²) < 4.78 is 0. The highest BCUT2D eigenvalue weighted by molar-refractivity contribution is 7.18. The van der Waals surface area contributed by atoms with Gasteiger partial charge in [0.15, 0.2) is 0 Å². The zero-order chi connectivity index (χ0) is 19.1. The molecular formula is C17H22ClN5O2S. The predicted octanol–water partition coefficient (Wildman–Crippen LogP) is 3.53. The average Bonchev–Trinajstić information content (AvgIpc) is 3.07. The highest BCUT2D eigenvalue weighted by atomic mass is 35.5. The number of rotatable bonds is 7. The number of nitrogens with one attached hydrogen (secondary N) is 3. The molecule has 9 heteroatoms. The highest BCUT2D eigenvalue weighted by Gasteiger charge is 2.26. The molecule has 0 aliphatic heterocycles. The molecule has 0 aliphatic carbocycles. The van der Waals surface area contributed by atoms with E-state index in [4.69, 9.17) is 11.6 Å². The Balaban J connectivity index is 2.10. The molecule has 0 aliphatic rings. The Morgan fingerprint density at radius 3 is 2.69 bits per heavy atom. The van der Waals surface area contributed by atoms with Gasteiger partial charge in [0.25, 0.3) is 0 Å². The number of amides is 3. The van der Waals surface area contributed by atoms with Crippen molar-refractivity contribution < 1.29 is 9.59 Å². The molecule has 2 rings (SSSR count). The molecule has 3 N–H and O–H groups in total. The fraction of sp³-hybridized carbons (Fsp3) is 0.412. The quantitative estimate of drug-likeness (QED) is 0.668. The first kappa shape index (κ1) is 20.1. The number of anilines is 1. The second kappa shape index (κ2) is 9.49. The number of carbonyl (C=O) groups is 2. The predicted molar refractivity (Wildman–Crippen MR) is 104 cm³/mol. The van der Waals surface area contributed by atoms with Crippen molar-refractivity contribution in [1.82, 2.24) is 20.8 Å². The highest BCUT2D eigenvalue weighted by Crippen LogP contribution is 2.28. The lowest BCUT2D eigenvalue weighted by atomic mass is 9.98. The van der Waals surface area contributed by atoms with Crippen LogP contribution in [0.5, 0.6) is 0 Å². The first-order valence-electron chi connectivity index (χ1n) is 8.39. The Kier molecular flexibility index (Phi) is 7.35. The number of aromatic nitrogens is 2. The van der Waals surface area contributed by atoms with Gasteiger partial charge >= 0.3 is 6.03 Å². The van der Waals surface area contributed by atoms with E-state index in [1.807, 2.05) is 32.9 Å². The van der Waals surface area contributed by atoms with Crippen LogP contribution >= 0.6 is 22.9 Å². The summed E-state index contributed by atoms with van der Waals surface area (Å²) in [6, 6.07) is 6.23. The van der Waals surface area contributed by atoms with Gasteiger partial charge in [-0.05, 0) is 25.0 Å². The van der Waals surface area contributed by atoms with Crippen LogP contribution in [0.2, 0.25) is 5.02 Å². The minimum Gasteiger partial charge on any atom is -0.338 e. The van der Waals surface area contributed by atoms with Crippen LogP contribution in [0.1, 0.15) is 27.2 Å². The summed E-state index contributed by atoms with van der Waals surface area (Å²) in [7, 11) is 0. The average molecular weight is 396 g/mol. The van der Waals surface area contributed by atoms with E-state index >= 15 is 0 Å². The summed E-state index contributed by atoms with van der Waals surface area (Å²) in [5.41, 5.74) is 0.828. The van der Waals surface area contributed by atoms with Gasteiger partial charge in [-0.15, -0.1) is 10.2 Å². The molecule has 2 aromatic rings. The lowest BCUT2D eigenvalue weighted by Crippen LogP contribution is -2.51. The maximum absolute atomic E-state index is 12.6. The van der Waals surface area contributed by atoms with Crippen molar-refractivity contribution in [2.45, 2.75) is 33.2 Å². The molecule has 0 spiro atoms. The smallest absolute Gasteiger partial charge is 0.315 e. The zero-order valence-corrected chi connectivity index (χ0v) is 16.4. The van der Waals surface area contributed by atoms with Crippen molar-refractivity contribution in [3.63, 3.8) is 0 Å². The molecule has 1 aromatic carbocycles. The van der Waals surface area contributed by atoms with E-state index in [1.165, 1.54) is 11.3 Å². The second-order valence-electron chi connectivity index (χ2n) is 5.78. The van der Waals surface area contributed by atoms with E-state index in [1.54, 1.807) is 12.1 Å². The standard InChI is InChI=1S/C17H22ClN5O2S/c1-4-10(3)13(20-16(25)19-5-2)14(24)21-17-23-22-15(26-17)11-7-6-8-12(18)9-11/h6-10,13H,4-5H2,1-3H3,(H2,19,20,25)(H,21,23,24). The monoisotopic (exact) mass is 395 g/mol. The molecule has 1 heterocycles. The van der Waals surface area contributed by atoms with E-state index < -0.39 is 6.04 Å². The summed E-state index contributed by atoms with van der Waals surface area (Å²) in [5, 5.41) is 17.8. The Bertz CT molecular complexity index is 767. The molecule has 2 atom stereocenters. The van der Waals surface area contributed by atoms with E-state index in [0.717, 1.165) is 12.0 Å². The third-order valence-electron chi connectivity index (χ3n) is 3.85. The van der Waals surface area contributed by atoms with Gasteiger partial charge in [0.2, 0.25) is 11.0 Å². The van der Waals surface area contributed by atoms with Crippen LogP contribution in [0.25, 0.3) is 10.6 Å². The van der Waals surface area contributed by atoms with Crippen LogP contribution in [0.15, 0.2) is 24.3 Å². The molecule has 3 amide bonds. The van der Waals surface area contributed by atoms with E-state index in [9.17, 15) is 9.59 Å². The van der Waals surface area contributed by atoms with Crippen molar-refractivity contribution in [3.05, 3.63) is 29.3 Å². The van der Waals surface area contributed by atoms with Gasteiger partial charge in [-0.25, -0.2) is 4.79 Å². The normalized spacial score (nSPS) is 12.9. The van der Waals surface area contributed by atoms with Crippen LogP contribution in [-0.4, -0.2) is 34.7 Å². The molecular weight excluding hydrogens is 374 g/mol. The largest absolute Gasteiger partial charge is 0.338 e. The lowest BCUT2D eigenvalue weighted by molar-refractivity contribution is -0.119. The SMILES string of the molecule is CCNC(=O)NC(C(=O)Nc1nnc(-c2cccc(Cl)c2)s1)C(C)CC. The van der Waals surface area contributed by atoms with Crippen LogP contribution in [0.4, 0.5) is 9.93 Å². The van der Waals surface area contributed by atoms with Gasteiger partial charge in [-0.2, -0.15) is 0 Å². The third kappa shape index (κ3) is 5.40. The Labute approximate surface area is 161 Å². The number of halogens is 1. The molecule has 0 radical (unpaired) electrons. The van der Waals surface area contributed by atoms with Crippen LogP contribution < -0.4 is 16.0 Å². The van der Waals surface area contributed by atoms with Crippen molar-refractivity contribution in [2.75, 3.05) is 11.9 Å². The molecule has 0 saturated heterocycles. The molecule has 2 unspecified atom stereocenters. The molecule has 0 fully saturated rings. The summed E-state index contributed by atoms with van der Waals surface area (Å²) in [5.74, 6) is -0.350. The molecule has 0 saturated carbocycles. The van der Waals surface area contributed by atoms with E-state index in [-0.39, 0.29) is 17.9 Å². The summed E-state index contributed by atoms with van der Waals surface area (Å²) in [6.45, 7) is 6.18. The van der Waals surface area contributed by atoms with E-state index in [0.29, 0.717) is 21.7 Å². The Morgan fingerprint density at radius 2 is 2.04 bits per heavy atom.